The first kappa shape index (κ1) is 13.4. The number of fused-ring (bicyclic) bond motifs is 1. The maximum absolute atomic E-state index is 12.0. The molecule has 0 unspecified atom stereocenters. The maximum Gasteiger partial charge on any atom is 0.334 e. The molecular weight excluding hydrogens is 296 g/mol. The first-order valence-electron chi connectivity index (χ1n) is 6.16. The lowest BCUT2D eigenvalue weighted by Gasteiger charge is -2.13. The monoisotopic (exact) mass is 306 g/mol. The van der Waals surface area contributed by atoms with Crippen LogP contribution in [0, 0.1) is 0 Å². The number of amides is 4. The molecule has 0 aromatic carbocycles. The van der Waals surface area contributed by atoms with Crippen LogP contribution in [0.2, 0.25) is 0 Å². The van der Waals surface area contributed by atoms with Crippen molar-refractivity contribution in [2.45, 2.75) is 13.5 Å². The van der Waals surface area contributed by atoms with E-state index >= 15 is 0 Å². The molecule has 9 heteroatoms. The fourth-order valence-electron chi connectivity index (χ4n) is 2.10. The van der Waals surface area contributed by atoms with Gasteiger partial charge in [0.25, 0.3) is 5.56 Å². The second-order valence-corrected chi connectivity index (χ2v) is 5.24. The number of rotatable bonds is 3. The van der Waals surface area contributed by atoms with Gasteiger partial charge in [-0.15, -0.1) is 11.3 Å². The van der Waals surface area contributed by atoms with Crippen LogP contribution in [-0.4, -0.2) is 43.6 Å². The van der Waals surface area contributed by atoms with Gasteiger partial charge in [0.1, 0.15) is 0 Å². The highest BCUT2D eigenvalue weighted by atomic mass is 32.1. The van der Waals surface area contributed by atoms with Crippen LogP contribution in [0.4, 0.5) is 4.79 Å². The lowest BCUT2D eigenvalue weighted by Crippen LogP contribution is -2.33. The summed E-state index contributed by atoms with van der Waals surface area (Å²) in [5, 5.41) is 1.71. The number of imide groups is 2. The smallest absolute Gasteiger partial charge is 0.269 e. The van der Waals surface area contributed by atoms with E-state index in [4.69, 9.17) is 0 Å². The Labute approximate surface area is 122 Å². The molecule has 1 saturated heterocycles. The van der Waals surface area contributed by atoms with E-state index in [9.17, 15) is 19.2 Å². The zero-order valence-corrected chi connectivity index (χ0v) is 11.8. The summed E-state index contributed by atoms with van der Waals surface area (Å²) in [4.78, 5) is 53.6. The summed E-state index contributed by atoms with van der Waals surface area (Å²) in [7, 11) is 0. The van der Waals surface area contributed by atoms with E-state index < -0.39 is 17.8 Å². The fourth-order valence-corrected chi connectivity index (χ4v) is 2.84. The number of aromatic nitrogens is 2. The summed E-state index contributed by atoms with van der Waals surface area (Å²) in [5.41, 5.74) is -0.0241. The maximum atomic E-state index is 12.0. The van der Waals surface area contributed by atoms with Gasteiger partial charge in [-0.05, 0) is 6.92 Å². The van der Waals surface area contributed by atoms with Crippen molar-refractivity contribution >= 4 is 34.1 Å². The predicted octanol–water partition coefficient (Wildman–Crippen LogP) is 0.0667. The second kappa shape index (κ2) is 4.77. The molecule has 3 heterocycles. The quantitative estimate of drug-likeness (QED) is 0.591. The van der Waals surface area contributed by atoms with Gasteiger partial charge in [0, 0.05) is 24.2 Å². The standard InChI is InChI=1S/C12H10N4O4S/c1-2-14-9(18)10(19)16(12(14)20)6-7-5-8(17)15-3-4-21-11(15)13-7/h3-5H,2,6H2,1H3. The molecule has 1 fully saturated rings. The number of carbonyl (C=O) groups is 3. The molecule has 0 radical (unpaired) electrons. The average Bonchev–Trinajstić information content (AvgIpc) is 2.99. The largest absolute Gasteiger partial charge is 0.334 e. The number of hydrogen-bond donors (Lipinski definition) is 0. The van der Waals surface area contributed by atoms with Crippen LogP contribution in [0.25, 0.3) is 4.96 Å². The molecule has 0 spiro atoms. The third kappa shape index (κ3) is 2.02. The molecule has 1 aliphatic heterocycles. The Balaban J connectivity index is 1.95. The SMILES string of the molecule is CCN1C(=O)C(=O)N(Cc2cc(=O)n3ccsc3n2)C1=O. The number of nitrogens with zero attached hydrogens (tertiary/aromatic N) is 4. The van der Waals surface area contributed by atoms with Crippen molar-refractivity contribution in [2.24, 2.45) is 0 Å². The van der Waals surface area contributed by atoms with Crippen LogP contribution in [0.15, 0.2) is 22.4 Å². The van der Waals surface area contributed by atoms with Gasteiger partial charge in [0.2, 0.25) is 0 Å². The zero-order valence-electron chi connectivity index (χ0n) is 11.0. The van der Waals surface area contributed by atoms with Gasteiger partial charge in [-0.25, -0.2) is 14.7 Å². The molecule has 8 nitrogen and oxygen atoms in total. The van der Waals surface area contributed by atoms with E-state index in [0.717, 1.165) is 9.80 Å². The number of thiazole rings is 1. The van der Waals surface area contributed by atoms with Gasteiger partial charge in [0.15, 0.2) is 4.96 Å². The molecule has 2 aromatic rings. The first-order chi connectivity index (χ1) is 10.0. The summed E-state index contributed by atoms with van der Waals surface area (Å²) in [6.45, 7) is 1.54. The van der Waals surface area contributed by atoms with Gasteiger partial charge >= 0.3 is 17.8 Å². The van der Waals surface area contributed by atoms with Crippen LogP contribution in [0.5, 0.6) is 0 Å². The summed E-state index contributed by atoms with van der Waals surface area (Å²) in [6.07, 6.45) is 1.59. The molecule has 1 aliphatic rings. The minimum atomic E-state index is -0.893. The molecule has 0 saturated carbocycles. The van der Waals surface area contributed by atoms with E-state index in [1.807, 2.05) is 0 Å². The van der Waals surface area contributed by atoms with E-state index in [0.29, 0.717) is 4.96 Å². The molecule has 3 rings (SSSR count). The lowest BCUT2D eigenvalue weighted by atomic mass is 10.3. The van der Waals surface area contributed by atoms with Crippen LogP contribution in [0.1, 0.15) is 12.6 Å². The number of carbonyl (C=O) groups excluding carboxylic acids is 3. The van der Waals surface area contributed by atoms with E-state index in [2.05, 4.69) is 4.98 Å². The van der Waals surface area contributed by atoms with Crippen molar-refractivity contribution in [1.82, 2.24) is 19.2 Å². The second-order valence-electron chi connectivity index (χ2n) is 4.36. The van der Waals surface area contributed by atoms with Crippen molar-refractivity contribution < 1.29 is 14.4 Å². The van der Waals surface area contributed by atoms with Crippen molar-refractivity contribution in [3.05, 3.63) is 33.7 Å². The number of likely N-dealkylation sites (N-methyl/N-ethyl adjacent to an activating group) is 1. The van der Waals surface area contributed by atoms with E-state index in [1.54, 1.807) is 18.5 Å². The van der Waals surface area contributed by atoms with Crippen molar-refractivity contribution in [1.29, 1.82) is 0 Å². The highest BCUT2D eigenvalue weighted by molar-refractivity contribution is 7.15. The van der Waals surface area contributed by atoms with Crippen molar-refractivity contribution in [3.8, 4) is 0 Å². The molecule has 0 atom stereocenters. The first-order valence-corrected chi connectivity index (χ1v) is 7.04. The number of urea groups is 1. The van der Waals surface area contributed by atoms with Crippen molar-refractivity contribution in [2.75, 3.05) is 6.54 Å². The number of hydrogen-bond acceptors (Lipinski definition) is 6. The summed E-state index contributed by atoms with van der Waals surface area (Å²) in [5.74, 6) is -1.74. The zero-order chi connectivity index (χ0) is 15.1. The van der Waals surface area contributed by atoms with Crippen LogP contribution >= 0.6 is 11.3 Å². The highest BCUT2D eigenvalue weighted by Crippen LogP contribution is 2.15. The molecule has 21 heavy (non-hydrogen) atoms. The molecule has 4 amide bonds. The van der Waals surface area contributed by atoms with Gasteiger partial charge < -0.3 is 0 Å². The van der Waals surface area contributed by atoms with E-state index in [1.165, 1.54) is 21.8 Å². The summed E-state index contributed by atoms with van der Waals surface area (Å²) >= 11 is 1.27. The molecule has 0 N–H and O–H groups in total. The molecular formula is C12H10N4O4S. The third-order valence-corrected chi connectivity index (χ3v) is 3.88. The lowest BCUT2D eigenvalue weighted by molar-refractivity contribution is -0.143. The van der Waals surface area contributed by atoms with Gasteiger partial charge in [-0.1, -0.05) is 0 Å². The van der Waals surface area contributed by atoms with E-state index in [-0.39, 0.29) is 24.3 Å². The average molecular weight is 306 g/mol. The van der Waals surface area contributed by atoms with Gasteiger partial charge in [0.05, 0.1) is 12.2 Å². The Morgan fingerprint density at radius 2 is 1.86 bits per heavy atom. The molecule has 2 aromatic heterocycles. The Morgan fingerprint density at radius 3 is 2.52 bits per heavy atom. The van der Waals surface area contributed by atoms with Crippen molar-refractivity contribution in [3.63, 3.8) is 0 Å². The minimum absolute atomic E-state index is 0.125. The van der Waals surface area contributed by atoms with Crippen LogP contribution < -0.4 is 5.56 Å². The molecule has 0 bridgehead atoms. The molecule has 108 valence electrons. The topological polar surface area (TPSA) is 92.1 Å². The summed E-state index contributed by atoms with van der Waals surface area (Å²) < 4.78 is 1.37. The third-order valence-electron chi connectivity index (χ3n) is 3.13. The predicted molar refractivity (Wildman–Crippen MR) is 72.7 cm³/mol. The summed E-state index contributed by atoms with van der Waals surface area (Å²) in [6, 6.07) is 0.569. The fraction of sp³-hybridized carbons (Fsp3) is 0.250. The van der Waals surface area contributed by atoms with Crippen LogP contribution in [-0.2, 0) is 16.1 Å². The Bertz CT molecular complexity index is 824. The van der Waals surface area contributed by atoms with Gasteiger partial charge in [-0.3, -0.25) is 23.7 Å². The Morgan fingerprint density at radius 1 is 1.14 bits per heavy atom. The normalized spacial score (nSPS) is 15.6. The van der Waals surface area contributed by atoms with Crippen LogP contribution in [0.3, 0.4) is 0 Å². The minimum Gasteiger partial charge on any atom is -0.269 e. The molecule has 0 aliphatic carbocycles. The Kier molecular flexibility index (Phi) is 3.05. The Hall–Kier alpha value is -2.55. The van der Waals surface area contributed by atoms with Gasteiger partial charge in [-0.2, -0.15) is 0 Å². The highest BCUT2D eigenvalue weighted by Gasteiger charge is 2.43.